The Hall–Kier alpha value is -4.24. The summed E-state index contributed by atoms with van der Waals surface area (Å²) in [7, 11) is 0. The normalized spacial score (nSPS) is 16.7. The standard InChI is InChI=1S/C32H27NO2/c1-2-8-24(9-3-1)25-14-16-28(17-15-25)33(22-26-18-20-34-31-12-6-4-10-29(26)31)23-27-19-21-35-32-13-7-5-11-30(27)32/h1-17,22-23H,18-21H2/b26-22+,27-23+. The lowest BCUT2D eigenvalue weighted by atomic mass is 9.99. The van der Waals surface area contributed by atoms with Gasteiger partial charge >= 0.3 is 0 Å². The summed E-state index contributed by atoms with van der Waals surface area (Å²) in [6, 6.07) is 35.9. The Morgan fingerprint density at radius 3 is 1.57 bits per heavy atom. The number of hydrogen-bond donors (Lipinski definition) is 0. The molecular formula is C32H27NO2. The van der Waals surface area contributed by atoms with E-state index < -0.39 is 0 Å². The smallest absolute Gasteiger partial charge is 0.126 e. The molecule has 35 heavy (non-hydrogen) atoms. The SMILES string of the molecule is C(=C1/CCOc2ccccc21)/N(/C=C1\CCOc2ccccc21)c1ccc(-c2ccccc2)cc1. The monoisotopic (exact) mass is 457 g/mol. The third kappa shape index (κ3) is 4.45. The highest BCUT2D eigenvalue weighted by Gasteiger charge is 2.19. The van der Waals surface area contributed by atoms with Crippen LogP contribution in [0.4, 0.5) is 5.69 Å². The van der Waals surface area contributed by atoms with E-state index in [2.05, 4.69) is 108 Å². The molecule has 0 radical (unpaired) electrons. The van der Waals surface area contributed by atoms with Crippen molar-refractivity contribution in [1.82, 2.24) is 0 Å². The van der Waals surface area contributed by atoms with Crippen molar-refractivity contribution in [3.05, 3.63) is 127 Å². The molecule has 0 unspecified atom stereocenters. The van der Waals surface area contributed by atoms with Crippen LogP contribution in [-0.4, -0.2) is 13.2 Å². The van der Waals surface area contributed by atoms with Crippen LogP contribution in [0.25, 0.3) is 22.3 Å². The molecule has 0 saturated carbocycles. The third-order valence-corrected chi connectivity index (χ3v) is 6.59. The summed E-state index contributed by atoms with van der Waals surface area (Å²) in [5, 5.41) is 0. The molecule has 0 spiro atoms. The second-order valence-corrected chi connectivity index (χ2v) is 8.82. The van der Waals surface area contributed by atoms with Crippen LogP contribution in [0.15, 0.2) is 116 Å². The zero-order chi connectivity index (χ0) is 23.5. The van der Waals surface area contributed by atoms with E-state index in [4.69, 9.17) is 9.47 Å². The van der Waals surface area contributed by atoms with Crippen LogP contribution < -0.4 is 14.4 Å². The molecule has 2 aliphatic heterocycles. The number of nitrogens with zero attached hydrogens (tertiary/aromatic N) is 1. The highest BCUT2D eigenvalue weighted by atomic mass is 16.5. The van der Waals surface area contributed by atoms with Gasteiger partial charge in [-0.2, -0.15) is 0 Å². The van der Waals surface area contributed by atoms with Crippen molar-refractivity contribution < 1.29 is 9.47 Å². The molecule has 0 fully saturated rings. The zero-order valence-electron chi connectivity index (χ0n) is 19.6. The van der Waals surface area contributed by atoms with Crippen LogP contribution in [0, 0.1) is 0 Å². The number of ether oxygens (including phenoxy) is 2. The predicted molar refractivity (Wildman–Crippen MR) is 143 cm³/mol. The molecule has 0 aliphatic carbocycles. The van der Waals surface area contributed by atoms with Crippen molar-refractivity contribution >= 4 is 16.8 Å². The topological polar surface area (TPSA) is 21.7 Å². The average molecular weight is 458 g/mol. The number of anilines is 1. The third-order valence-electron chi connectivity index (χ3n) is 6.59. The van der Waals surface area contributed by atoms with Gasteiger partial charge in [-0.15, -0.1) is 0 Å². The molecule has 6 rings (SSSR count). The molecular weight excluding hydrogens is 430 g/mol. The minimum Gasteiger partial charge on any atom is -0.493 e. The Balaban J connectivity index is 1.43. The van der Waals surface area contributed by atoms with Crippen molar-refractivity contribution in [1.29, 1.82) is 0 Å². The van der Waals surface area contributed by atoms with Gasteiger partial charge in [0.15, 0.2) is 0 Å². The fourth-order valence-corrected chi connectivity index (χ4v) is 4.77. The first-order valence-electron chi connectivity index (χ1n) is 12.1. The molecule has 0 aromatic heterocycles. The number of para-hydroxylation sites is 2. The summed E-state index contributed by atoms with van der Waals surface area (Å²) in [5.41, 5.74) is 8.43. The quantitative estimate of drug-likeness (QED) is 0.312. The molecule has 3 nitrogen and oxygen atoms in total. The minimum atomic E-state index is 0.691. The maximum Gasteiger partial charge on any atom is 0.126 e. The summed E-state index contributed by atoms with van der Waals surface area (Å²) >= 11 is 0. The van der Waals surface area contributed by atoms with Crippen LogP contribution in [0.5, 0.6) is 11.5 Å². The molecule has 4 aromatic rings. The molecule has 0 saturated heterocycles. The van der Waals surface area contributed by atoms with Crippen molar-refractivity contribution in [3.8, 4) is 22.6 Å². The lowest BCUT2D eigenvalue weighted by molar-refractivity contribution is 0.316. The molecule has 172 valence electrons. The van der Waals surface area contributed by atoms with E-state index in [-0.39, 0.29) is 0 Å². The van der Waals surface area contributed by atoms with Crippen molar-refractivity contribution in [2.75, 3.05) is 18.1 Å². The highest BCUT2D eigenvalue weighted by Crippen LogP contribution is 2.36. The van der Waals surface area contributed by atoms with Gasteiger partial charge in [0.2, 0.25) is 0 Å². The number of benzene rings is 4. The van der Waals surface area contributed by atoms with Gasteiger partial charge < -0.3 is 14.4 Å². The van der Waals surface area contributed by atoms with Gasteiger partial charge in [0.1, 0.15) is 11.5 Å². The Bertz CT molecular complexity index is 1320. The van der Waals surface area contributed by atoms with Crippen LogP contribution in [0.2, 0.25) is 0 Å². The zero-order valence-corrected chi connectivity index (χ0v) is 19.6. The lowest BCUT2D eigenvalue weighted by Gasteiger charge is -2.26. The first kappa shape index (κ1) is 21.3. The van der Waals surface area contributed by atoms with Gasteiger partial charge in [0.25, 0.3) is 0 Å². The van der Waals surface area contributed by atoms with Gasteiger partial charge in [-0.3, -0.25) is 0 Å². The van der Waals surface area contributed by atoms with E-state index in [9.17, 15) is 0 Å². The fraction of sp³-hybridized carbons (Fsp3) is 0.125. The molecule has 2 heterocycles. The molecule has 0 atom stereocenters. The summed E-state index contributed by atoms with van der Waals surface area (Å²) < 4.78 is 11.8. The van der Waals surface area contributed by atoms with Crippen LogP contribution in [0.3, 0.4) is 0 Å². The van der Waals surface area contributed by atoms with E-state index in [1.54, 1.807) is 0 Å². The number of hydrogen-bond acceptors (Lipinski definition) is 3. The Kier molecular flexibility index (Phi) is 5.82. The molecule has 0 amide bonds. The Labute approximate surface area is 206 Å². The highest BCUT2D eigenvalue weighted by molar-refractivity contribution is 5.79. The van der Waals surface area contributed by atoms with E-state index >= 15 is 0 Å². The van der Waals surface area contributed by atoms with E-state index in [0.717, 1.165) is 41.2 Å². The average Bonchev–Trinajstić information content (AvgIpc) is 2.94. The van der Waals surface area contributed by atoms with Gasteiger partial charge in [-0.1, -0.05) is 78.9 Å². The largest absolute Gasteiger partial charge is 0.493 e. The summed E-state index contributed by atoms with van der Waals surface area (Å²) in [4.78, 5) is 2.27. The van der Waals surface area contributed by atoms with E-state index in [1.807, 2.05) is 12.1 Å². The van der Waals surface area contributed by atoms with Crippen molar-refractivity contribution in [3.63, 3.8) is 0 Å². The van der Waals surface area contributed by atoms with Crippen molar-refractivity contribution in [2.24, 2.45) is 0 Å². The van der Waals surface area contributed by atoms with Crippen LogP contribution in [-0.2, 0) is 0 Å². The second kappa shape index (κ2) is 9.55. The van der Waals surface area contributed by atoms with Gasteiger partial charge in [-0.05, 0) is 46.5 Å². The molecule has 0 bridgehead atoms. The van der Waals surface area contributed by atoms with Gasteiger partial charge in [0.05, 0.1) is 13.2 Å². The van der Waals surface area contributed by atoms with Crippen LogP contribution in [0.1, 0.15) is 24.0 Å². The number of rotatable bonds is 4. The minimum absolute atomic E-state index is 0.691. The first-order valence-corrected chi connectivity index (χ1v) is 12.1. The Morgan fingerprint density at radius 1 is 0.514 bits per heavy atom. The summed E-state index contributed by atoms with van der Waals surface area (Å²) in [6.07, 6.45) is 6.28. The van der Waals surface area contributed by atoms with Gasteiger partial charge in [0, 0.05) is 42.1 Å². The second-order valence-electron chi connectivity index (χ2n) is 8.82. The van der Waals surface area contributed by atoms with Crippen LogP contribution >= 0.6 is 0 Å². The van der Waals surface area contributed by atoms with Crippen molar-refractivity contribution in [2.45, 2.75) is 12.8 Å². The maximum atomic E-state index is 5.91. The molecule has 2 aliphatic rings. The molecule has 3 heteroatoms. The Morgan fingerprint density at radius 2 is 1.00 bits per heavy atom. The lowest BCUT2D eigenvalue weighted by Crippen LogP contribution is -2.15. The molecule has 0 N–H and O–H groups in total. The maximum absolute atomic E-state index is 5.91. The van der Waals surface area contributed by atoms with E-state index in [1.165, 1.54) is 22.3 Å². The first-order chi connectivity index (χ1) is 17.3. The van der Waals surface area contributed by atoms with E-state index in [0.29, 0.717) is 13.2 Å². The number of fused-ring (bicyclic) bond motifs is 2. The molecule has 4 aromatic carbocycles. The summed E-state index contributed by atoms with van der Waals surface area (Å²) in [5.74, 6) is 1.90. The fourth-order valence-electron chi connectivity index (χ4n) is 4.77. The predicted octanol–water partition coefficient (Wildman–Crippen LogP) is 7.81. The summed E-state index contributed by atoms with van der Waals surface area (Å²) in [6.45, 7) is 1.38. The van der Waals surface area contributed by atoms with Gasteiger partial charge in [-0.25, -0.2) is 0 Å².